The van der Waals surface area contributed by atoms with Gasteiger partial charge in [-0.2, -0.15) is 0 Å². The minimum absolute atomic E-state index is 0.0288. The Morgan fingerprint density at radius 2 is 2.00 bits per heavy atom. The summed E-state index contributed by atoms with van der Waals surface area (Å²) in [5.74, 6) is -1.64. The van der Waals surface area contributed by atoms with Gasteiger partial charge in [0, 0.05) is 6.54 Å². The predicted molar refractivity (Wildman–Crippen MR) is 72.3 cm³/mol. The normalized spacial score (nSPS) is 11.9. The molecule has 0 fully saturated rings. The van der Waals surface area contributed by atoms with Crippen LogP contribution >= 0.6 is 0 Å². The van der Waals surface area contributed by atoms with E-state index in [1.807, 2.05) is 0 Å². The van der Waals surface area contributed by atoms with Crippen LogP contribution < -0.4 is 11.1 Å². The molecule has 1 atom stereocenters. The molecule has 0 aliphatic heterocycles. The van der Waals surface area contributed by atoms with Gasteiger partial charge in [0.05, 0.1) is 19.1 Å². The molecule has 20 heavy (non-hydrogen) atoms. The van der Waals surface area contributed by atoms with Crippen LogP contribution in [0.3, 0.4) is 0 Å². The molecular weight excluding hydrogens is 263 g/mol. The predicted octanol–water partition coefficient (Wildman–Crippen LogP) is 0.622. The number of carbonyl (C=O) groups is 2. The first kappa shape index (κ1) is 16.1. The number of carbonyl (C=O) groups excluding carboxylic acids is 2. The van der Waals surface area contributed by atoms with Crippen LogP contribution in [0.1, 0.15) is 12.5 Å². The van der Waals surface area contributed by atoms with Gasteiger partial charge in [-0.15, -0.1) is 0 Å². The van der Waals surface area contributed by atoms with Gasteiger partial charge in [0.25, 0.3) is 0 Å². The topological polar surface area (TPSA) is 81.4 Å². The molecule has 0 aliphatic rings. The van der Waals surface area contributed by atoms with E-state index in [2.05, 4.69) is 5.32 Å². The van der Waals surface area contributed by atoms with Crippen molar-refractivity contribution < 1.29 is 18.7 Å². The van der Waals surface area contributed by atoms with E-state index in [-0.39, 0.29) is 24.9 Å². The lowest BCUT2D eigenvalue weighted by Crippen LogP contribution is -2.37. The lowest BCUT2D eigenvalue weighted by Gasteiger charge is -2.14. The molecule has 0 spiro atoms. The van der Waals surface area contributed by atoms with Gasteiger partial charge >= 0.3 is 5.97 Å². The fourth-order valence-electron chi connectivity index (χ4n) is 1.74. The number of halogens is 1. The molecule has 1 rings (SSSR count). The lowest BCUT2D eigenvalue weighted by atomic mass is 9.98. The summed E-state index contributed by atoms with van der Waals surface area (Å²) >= 11 is 0. The van der Waals surface area contributed by atoms with Crippen molar-refractivity contribution in [3.05, 3.63) is 35.6 Å². The number of hydrogen-bond acceptors (Lipinski definition) is 4. The Hall–Kier alpha value is -1.95. The Morgan fingerprint density at radius 1 is 1.35 bits per heavy atom. The zero-order chi connectivity index (χ0) is 15.0. The minimum Gasteiger partial charge on any atom is -0.465 e. The van der Waals surface area contributed by atoms with E-state index in [0.717, 1.165) is 5.56 Å². The molecule has 110 valence electrons. The number of benzene rings is 1. The van der Waals surface area contributed by atoms with Crippen LogP contribution in [0.15, 0.2) is 24.3 Å². The van der Waals surface area contributed by atoms with Crippen LogP contribution in [0.4, 0.5) is 4.39 Å². The molecule has 6 heteroatoms. The number of ether oxygens (including phenoxy) is 1. The third-order valence-corrected chi connectivity index (χ3v) is 2.76. The van der Waals surface area contributed by atoms with Crippen LogP contribution in [0.25, 0.3) is 0 Å². The van der Waals surface area contributed by atoms with E-state index in [1.54, 1.807) is 19.1 Å². The number of amides is 1. The third kappa shape index (κ3) is 5.79. The average molecular weight is 282 g/mol. The Balaban J connectivity index is 2.46. The van der Waals surface area contributed by atoms with Crippen LogP contribution in [0, 0.1) is 11.7 Å². The number of nitrogens with one attached hydrogen (secondary N) is 1. The molecule has 0 bridgehead atoms. The number of esters is 1. The van der Waals surface area contributed by atoms with E-state index >= 15 is 0 Å². The summed E-state index contributed by atoms with van der Waals surface area (Å²) in [7, 11) is 0. The standard InChI is InChI=1S/C14H19FN2O3/c1-2-20-13(18)9-17-8-11(14(16)19)7-10-3-5-12(15)6-4-10/h3-6,11,17H,2,7-9H2,1H3,(H2,16,19)/t11-/m0/s1. The number of nitrogens with two attached hydrogens (primary N) is 1. The van der Waals surface area contributed by atoms with E-state index in [1.165, 1.54) is 12.1 Å². The smallest absolute Gasteiger partial charge is 0.319 e. The second kappa shape index (κ2) is 8.27. The minimum atomic E-state index is -0.467. The summed E-state index contributed by atoms with van der Waals surface area (Å²) in [6.45, 7) is 2.33. The van der Waals surface area contributed by atoms with Crippen molar-refractivity contribution >= 4 is 11.9 Å². The van der Waals surface area contributed by atoms with Crippen molar-refractivity contribution in [1.29, 1.82) is 0 Å². The first-order chi connectivity index (χ1) is 9.52. The Morgan fingerprint density at radius 3 is 2.55 bits per heavy atom. The largest absolute Gasteiger partial charge is 0.465 e. The molecule has 5 nitrogen and oxygen atoms in total. The van der Waals surface area contributed by atoms with Crippen LogP contribution in [-0.4, -0.2) is 31.6 Å². The second-order valence-electron chi connectivity index (χ2n) is 4.37. The van der Waals surface area contributed by atoms with Gasteiger partial charge < -0.3 is 15.8 Å². The maximum absolute atomic E-state index is 12.8. The first-order valence-corrected chi connectivity index (χ1v) is 6.43. The highest BCUT2D eigenvalue weighted by molar-refractivity contribution is 5.77. The zero-order valence-corrected chi connectivity index (χ0v) is 11.4. The number of primary amides is 1. The third-order valence-electron chi connectivity index (χ3n) is 2.76. The molecule has 0 saturated carbocycles. The molecule has 0 aliphatic carbocycles. The van der Waals surface area contributed by atoms with E-state index in [0.29, 0.717) is 13.0 Å². The van der Waals surface area contributed by atoms with Crippen molar-refractivity contribution in [2.24, 2.45) is 11.7 Å². The van der Waals surface area contributed by atoms with E-state index < -0.39 is 11.8 Å². The SMILES string of the molecule is CCOC(=O)CNC[C@H](Cc1ccc(F)cc1)C(N)=O. The van der Waals surface area contributed by atoms with E-state index in [4.69, 9.17) is 10.5 Å². The highest BCUT2D eigenvalue weighted by Gasteiger charge is 2.16. The number of hydrogen-bond donors (Lipinski definition) is 2. The molecule has 1 aromatic carbocycles. The molecule has 0 heterocycles. The van der Waals surface area contributed by atoms with E-state index in [9.17, 15) is 14.0 Å². The molecule has 3 N–H and O–H groups in total. The van der Waals surface area contributed by atoms with Crippen LogP contribution in [0.2, 0.25) is 0 Å². The summed E-state index contributed by atoms with van der Waals surface area (Å²) in [6.07, 6.45) is 0.394. The maximum Gasteiger partial charge on any atom is 0.319 e. The van der Waals surface area contributed by atoms with Crippen LogP contribution in [-0.2, 0) is 20.7 Å². The fraction of sp³-hybridized carbons (Fsp3) is 0.429. The van der Waals surface area contributed by atoms with Gasteiger partial charge in [0.2, 0.25) is 5.91 Å². The fourth-order valence-corrected chi connectivity index (χ4v) is 1.74. The summed E-state index contributed by atoms with van der Waals surface area (Å²) < 4.78 is 17.5. The van der Waals surface area contributed by atoms with Crippen molar-refractivity contribution in [1.82, 2.24) is 5.32 Å². The molecule has 1 amide bonds. The van der Waals surface area contributed by atoms with Gasteiger partial charge in [-0.3, -0.25) is 9.59 Å². The quantitative estimate of drug-likeness (QED) is 0.685. The van der Waals surface area contributed by atoms with Gasteiger partial charge in [0.1, 0.15) is 5.82 Å². The van der Waals surface area contributed by atoms with Gasteiger partial charge in [-0.05, 0) is 31.0 Å². The van der Waals surface area contributed by atoms with Gasteiger partial charge in [-0.1, -0.05) is 12.1 Å². The molecule has 0 unspecified atom stereocenters. The molecular formula is C14H19FN2O3. The van der Waals surface area contributed by atoms with Crippen molar-refractivity contribution in [3.8, 4) is 0 Å². The van der Waals surface area contributed by atoms with Crippen LogP contribution in [0.5, 0.6) is 0 Å². The summed E-state index contributed by atoms with van der Waals surface area (Å²) in [5.41, 5.74) is 6.13. The molecule has 0 aromatic heterocycles. The second-order valence-corrected chi connectivity index (χ2v) is 4.37. The van der Waals surface area contributed by atoms with Crippen molar-refractivity contribution in [3.63, 3.8) is 0 Å². The highest BCUT2D eigenvalue weighted by Crippen LogP contribution is 2.09. The number of rotatable bonds is 8. The van der Waals surface area contributed by atoms with Crippen molar-refractivity contribution in [2.45, 2.75) is 13.3 Å². The monoisotopic (exact) mass is 282 g/mol. The molecule has 1 aromatic rings. The Labute approximate surface area is 117 Å². The van der Waals surface area contributed by atoms with Gasteiger partial charge in [0.15, 0.2) is 0 Å². The van der Waals surface area contributed by atoms with Gasteiger partial charge in [-0.25, -0.2) is 4.39 Å². The summed E-state index contributed by atoms with van der Waals surface area (Å²) in [6, 6.07) is 5.88. The Bertz CT molecular complexity index is 448. The molecule has 0 radical (unpaired) electrons. The average Bonchev–Trinajstić information content (AvgIpc) is 2.40. The Kier molecular flexibility index (Phi) is 6.66. The maximum atomic E-state index is 12.8. The molecule has 0 saturated heterocycles. The van der Waals surface area contributed by atoms with Crippen molar-refractivity contribution in [2.75, 3.05) is 19.7 Å². The highest BCUT2D eigenvalue weighted by atomic mass is 19.1. The first-order valence-electron chi connectivity index (χ1n) is 6.43. The summed E-state index contributed by atoms with van der Waals surface area (Å²) in [5, 5.41) is 2.83. The lowest BCUT2D eigenvalue weighted by molar-refractivity contribution is -0.142. The summed E-state index contributed by atoms with van der Waals surface area (Å²) in [4.78, 5) is 22.5. The zero-order valence-electron chi connectivity index (χ0n) is 11.4.